The van der Waals surface area contributed by atoms with Gasteiger partial charge in [-0.2, -0.15) is 0 Å². The lowest BCUT2D eigenvalue weighted by atomic mass is 10.1. The smallest absolute Gasteiger partial charge is 0.254 e. The Bertz CT molecular complexity index is 7220. The summed E-state index contributed by atoms with van der Waals surface area (Å²) in [4.78, 5) is 119. The van der Waals surface area contributed by atoms with Crippen LogP contribution in [0.4, 0.5) is 0 Å². The summed E-state index contributed by atoms with van der Waals surface area (Å²) in [5, 5.41) is 14.8. The van der Waals surface area contributed by atoms with Gasteiger partial charge in [-0.05, 0) is 193 Å². The number of nitrogens with zero attached hydrogens (tertiary/aromatic N) is 15. The summed E-state index contributed by atoms with van der Waals surface area (Å²) >= 11 is 0. The van der Waals surface area contributed by atoms with Crippen molar-refractivity contribution in [2.75, 3.05) is 174 Å². The highest BCUT2D eigenvalue weighted by atomic mass is 16.5. The number of phenols is 1. The number of piperazine rings is 5. The van der Waals surface area contributed by atoms with Crippen LogP contribution in [0, 0.1) is 0 Å². The molecule has 5 saturated heterocycles. The third kappa shape index (κ3) is 25.1. The van der Waals surface area contributed by atoms with Crippen molar-refractivity contribution in [2.24, 2.45) is 0 Å². The van der Waals surface area contributed by atoms with E-state index in [1.165, 1.54) is 12.7 Å². The van der Waals surface area contributed by atoms with Gasteiger partial charge < -0.3 is 82.5 Å². The van der Waals surface area contributed by atoms with Gasteiger partial charge in [-0.15, -0.1) is 0 Å². The lowest BCUT2D eigenvalue weighted by Crippen LogP contribution is -2.50. The molecule has 0 saturated carbocycles. The number of rotatable bonds is 22. The highest BCUT2D eigenvalue weighted by molar-refractivity contribution is 6.02. The summed E-state index contributed by atoms with van der Waals surface area (Å²) in [5.41, 5.74) is 16.5. The minimum Gasteiger partial charge on any atom is -0.504 e. The SMILES string of the molecule is C=C(Cc1ccc(OC)c(O)c1)N1CCN(C(=O)c2ccc3ncccc3c2)CC1.C=C(Cc1cccc(OC)c1)N1CCN(C(=O)c2ccc3ncccc3c2)CC1.C=C(c1cccc(OC)c1)N1CCN(C(=O)c2ccc3ncccc3c2)CC1.C=C(c1ccccc1OC)N1CCN(C(=O)c2ccc3ncccc3c2)CC1.COc1cc(OC)cc(C(=O)N2CCN(C(=O)c3ccc4ncccc4c3)CC2)c1. The molecule has 6 amide bonds. The van der Waals surface area contributed by atoms with Crippen LogP contribution in [-0.2, 0) is 12.8 Å². The average molecular weight is 1940 g/mol. The maximum atomic E-state index is 12.9. The standard InChI is InChI=1S/C24H25N3O3.C24H25N3O2.C23H23N3O4.2C23H23N3O2/c1-17(14-18-5-8-23(30-2)22(28)15-18)26-10-12-27(13-11-26)24(29)20-6-7-21-19(16-20)4-3-9-25-21;1-18(15-19-5-3-7-22(16-19)29-2)26-11-13-27(14-12-26)24(28)21-8-9-23-20(17-21)6-4-10-25-23;1-29-19-13-18(14-20(15-19)30-2)23(28)26-10-8-25(9-11-26)22(27)17-5-6-21-16(12-17)4-3-7-24-21;1-17(18-5-3-7-21(16-18)28-2)25-11-13-26(14-12-25)23(27)20-8-9-22-19(15-20)6-4-10-24-22;1-17(20-7-3-4-8-22(20)28-2)25-12-14-26(15-13-25)23(27)19-9-10-21-18(16-19)6-5-11-24-21/h3-9,15-16,28H,1,10-14H2,2H3;3-10,16-17H,1,11-15H2,2H3;3-7,12-15H,8-11H2,1-2H3;3-10,15-16H,1,11-14H2,2H3;3-11,16H,1,12-15H2,2H3. The lowest BCUT2D eigenvalue weighted by molar-refractivity contribution is 0.0535. The van der Waals surface area contributed by atoms with E-state index in [9.17, 15) is 33.9 Å². The highest BCUT2D eigenvalue weighted by Crippen LogP contribution is 2.34. The largest absolute Gasteiger partial charge is 0.504 e. The molecular formula is C117H119N15O13. The first-order chi connectivity index (χ1) is 70.6. The molecule has 10 aromatic carbocycles. The number of pyridine rings is 5. The van der Waals surface area contributed by atoms with Gasteiger partial charge >= 0.3 is 0 Å². The number of allylic oxidation sites excluding steroid dienone is 2. The van der Waals surface area contributed by atoms with E-state index >= 15 is 0 Å². The van der Waals surface area contributed by atoms with Gasteiger partial charge in [0.25, 0.3) is 35.4 Å². The molecule has 0 atom stereocenters. The van der Waals surface area contributed by atoms with Crippen molar-refractivity contribution >= 4 is 101 Å². The first kappa shape index (κ1) is 101. The molecule has 0 unspecified atom stereocenters. The molecule has 0 bridgehead atoms. The summed E-state index contributed by atoms with van der Waals surface area (Å²) in [6, 6.07) is 81.9. The zero-order chi connectivity index (χ0) is 101. The molecule has 28 heteroatoms. The van der Waals surface area contributed by atoms with Crippen molar-refractivity contribution < 1.29 is 62.3 Å². The van der Waals surface area contributed by atoms with E-state index in [4.69, 9.17) is 28.4 Å². The number of carbonyl (C=O) groups excluding carboxylic acids is 6. The summed E-state index contributed by atoms with van der Waals surface area (Å²) in [7, 11) is 9.64. The van der Waals surface area contributed by atoms with Crippen LogP contribution in [0.5, 0.6) is 40.2 Å². The number of ether oxygens (including phenoxy) is 6. The molecule has 20 rings (SSSR count). The predicted octanol–water partition coefficient (Wildman–Crippen LogP) is 17.4. The number of methoxy groups -OCH3 is 6. The van der Waals surface area contributed by atoms with Crippen LogP contribution in [0.25, 0.3) is 65.9 Å². The molecule has 5 fully saturated rings. The number of fused-ring (bicyclic) bond motifs is 5. The molecule has 5 aliphatic heterocycles. The van der Waals surface area contributed by atoms with Crippen LogP contribution >= 0.6 is 0 Å². The van der Waals surface area contributed by atoms with Crippen LogP contribution in [-0.4, -0.2) is 288 Å². The molecule has 740 valence electrons. The van der Waals surface area contributed by atoms with Crippen molar-refractivity contribution in [1.29, 1.82) is 0 Å². The number of amides is 6. The maximum Gasteiger partial charge on any atom is 0.254 e. The van der Waals surface area contributed by atoms with Crippen LogP contribution in [0.2, 0.25) is 0 Å². The van der Waals surface area contributed by atoms with E-state index in [0.29, 0.717) is 136 Å². The summed E-state index contributed by atoms with van der Waals surface area (Å²) in [6.07, 6.45) is 10.2. The van der Waals surface area contributed by atoms with Crippen molar-refractivity contribution in [2.45, 2.75) is 12.8 Å². The van der Waals surface area contributed by atoms with Crippen molar-refractivity contribution in [1.82, 2.24) is 73.9 Å². The van der Waals surface area contributed by atoms with Crippen LogP contribution in [0.3, 0.4) is 0 Å². The Balaban J connectivity index is 0.000000130. The van der Waals surface area contributed by atoms with Crippen LogP contribution in [0.1, 0.15) is 84.4 Å². The van der Waals surface area contributed by atoms with Crippen molar-refractivity contribution in [3.8, 4) is 40.2 Å². The Hall–Kier alpha value is -17.2. The van der Waals surface area contributed by atoms with Crippen LogP contribution < -0.4 is 28.4 Å². The second-order valence-corrected chi connectivity index (χ2v) is 35.5. The van der Waals surface area contributed by atoms with Gasteiger partial charge in [0.1, 0.15) is 28.7 Å². The quantitative estimate of drug-likeness (QED) is 0.0660. The lowest BCUT2D eigenvalue weighted by Gasteiger charge is -2.37. The normalized spacial score (nSPS) is 14.1. The molecule has 5 aliphatic rings. The number of hydrogen-bond donors (Lipinski definition) is 1. The van der Waals surface area contributed by atoms with E-state index in [0.717, 1.165) is 170 Å². The fourth-order valence-corrected chi connectivity index (χ4v) is 18.4. The molecule has 1 N–H and O–H groups in total. The summed E-state index contributed by atoms with van der Waals surface area (Å²) < 4.78 is 31.7. The molecule has 5 aromatic heterocycles. The fourth-order valence-electron chi connectivity index (χ4n) is 18.4. The van der Waals surface area contributed by atoms with E-state index in [-0.39, 0.29) is 41.2 Å². The molecule has 0 radical (unpaired) electrons. The van der Waals surface area contributed by atoms with Gasteiger partial charge in [0.15, 0.2) is 11.5 Å². The number of benzene rings is 10. The van der Waals surface area contributed by atoms with E-state index < -0.39 is 0 Å². The number of para-hydroxylation sites is 1. The zero-order valence-corrected chi connectivity index (χ0v) is 82.7. The third-order valence-corrected chi connectivity index (χ3v) is 26.6. The number of hydrogen-bond acceptors (Lipinski definition) is 22. The Labute approximate surface area is 844 Å². The van der Waals surface area contributed by atoms with Crippen LogP contribution in [0.15, 0.2) is 330 Å². The summed E-state index contributed by atoms with van der Waals surface area (Å²) in [5.74, 6) is 4.34. The number of aromatic nitrogens is 5. The Kier molecular flexibility index (Phi) is 33.3. The number of carbonyl (C=O) groups is 6. The first-order valence-corrected chi connectivity index (χ1v) is 48.3. The maximum absolute atomic E-state index is 12.9. The zero-order valence-electron chi connectivity index (χ0n) is 82.7. The molecule has 145 heavy (non-hydrogen) atoms. The van der Waals surface area contributed by atoms with Crippen molar-refractivity contribution in [3.05, 3.63) is 385 Å². The molecule has 28 nitrogen and oxygen atoms in total. The second-order valence-electron chi connectivity index (χ2n) is 35.5. The average Bonchev–Trinajstić information content (AvgIpc) is 0.816. The Morgan fingerprint density at radius 1 is 0.248 bits per heavy atom. The molecular weight excluding hydrogens is 1820 g/mol. The van der Waals surface area contributed by atoms with Gasteiger partial charge in [-0.3, -0.25) is 53.7 Å². The number of phenolic OH excluding ortho intramolecular Hbond substituents is 1. The second kappa shape index (κ2) is 47.9. The van der Waals surface area contributed by atoms with Gasteiger partial charge in [0, 0.05) is 275 Å². The van der Waals surface area contributed by atoms with Gasteiger partial charge in [0.05, 0.1) is 70.2 Å². The van der Waals surface area contributed by atoms with Gasteiger partial charge in [-0.25, -0.2) is 0 Å². The number of aromatic hydroxyl groups is 1. The monoisotopic (exact) mass is 1940 g/mol. The molecule has 0 aliphatic carbocycles. The van der Waals surface area contributed by atoms with E-state index in [1.807, 2.05) is 238 Å². The first-order valence-electron chi connectivity index (χ1n) is 48.3. The van der Waals surface area contributed by atoms with Gasteiger partial charge in [0.2, 0.25) is 0 Å². The fraction of sp³-hybridized carbons (Fsp3) is 0.239. The predicted molar refractivity (Wildman–Crippen MR) is 567 cm³/mol. The van der Waals surface area contributed by atoms with E-state index in [1.54, 1.807) is 113 Å². The van der Waals surface area contributed by atoms with E-state index in [2.05, 4.69) is 76.9 Å². The van der Waals surface area contributed by atoms with Crippen molar-refractivity contribution in [3.63, 3.8) is 0 Å². The van der Waals surface area contributed by atoms with Gasteiger partial charge in [-0.1, -0.05) is 99.1 Å². The molecule has 15 aromatic rings. The topological polar surface area (TPSA) is 275 Å². The minimum absolute atomic E-state index is 0.0316. The summed E-state index contributed by atoms with van der Waals surface area (Å²) in [6.45, 7) is 30.3. The minimum atomic E-state index is -0.101. The molecule has 10 heterocycles. The Morgan fingerprint density at radius 3 is 0.883 bits per heavy atom. The highest BCUT2D eigenvalue weighted by Gasteiger charge is 2.32. The third-order valence-electron chi connectivity index (χ3n) is 26.6. The molecule has 0 spiro atoms. The Morgan fingerprint density at radius 2 is 0.545 bits per heavy atom.